The highest BCUT2D eigenvalue weighted by atomic mass is 16.2. The first-order valence-electron chi connectivity index (χ1n) is 8.23. The van der Waals surface area contributed by atoms with Crippen molar-refractivity contribution in [3.8, 4) is 0 Å². The molecule has 3 heteroatoms. The van der Waals surface area contributed by atoms with Crippen molar-refractivity contribution in [1.82, 2.24) is 4.90 Å². The van der Waals surface area contributed by atoms with Crippen LogP contribution in [0.1, 0.15) is 50.5 Å². The molecule has 21 heavy (non-hydrogen) atoms. The van der Waals surface area contributed by atoms with Crippen molar-refractivity contribution in [2.24, 2.45) is 5.92 Å². The number of benzene rings is 1. The Balaban J connectivity index is 1.67. The van der Waals surface area contributed by atoms with E-state index in [9.17, 15) is 4.79 Å². The first-order valence-corrected chi connectivity index (χ1v) is 8.23. The van der Waals surface area contributed by atoms with E-state index in [1.165, 1.54) is 32.1 Å². The lowest BCUT2D eigenvalue weighted by Crippen LogP contribution is -2.39. The van der Waals surface area contributed by atoms with Gasteiger partial charge in [-0.3, -0.25) is 4.79 Å². The standard InChI is InChI=1S/C18H26N2O/c1-20(13-14-5-3-2-4-6-14)17(21)18(11-12-18)15-7-9-16(19)10-8-15/h7-10,14H,2-6,11-13,19H2,1H3. The Morgan fingerprint density at radius 2 is 1.81 bits per heavy atom. The zero-order valence-electron chi connectivity index (χ0n) is 13.0. The minimum absolute atomic E-state index is 0.253. The monoisotopic (exact) mass is 286 g/mol. The lowest BCUT2D eigenvalue weighted by molar-refractivity contribution is -0.133. The molecule has 0 saturated heterocycles. The lowest BCUT2D eigenvalue weighted by atomic mass is 9.88. The van der Waals surface area contributed by atoms with E-state index in [4.69, 9.17) is 5.73 Å². The predicted octanol–water partition coefficient (Wildman–Crippen LogP) is 3.34. The molecule has 0 spiro atoms. The van der Waals surface area contributed by atoms with E-state index in [2.05, 4.69) is 0 Å². The Kier molecular flexibility index (Phi) is 3.92. The number of amides is 1. The fraction of sp³-hybridized carbons (Fsp3) is 0.611. The average molecular weight is 286 g/mol. The number of nitrogen functional groups attached to an aromatic ring is 1. The average Bonchev–Trinajstić information content (AvgIpc) is 3.30. The van der Waals surface area contributed by atoms with Crippen LogP contribution in [0.3, 0.4) is 0 Å². The molecule has 3 nitrogen and oxygen atoms in total. The Bertz CT molecular complexity index is 498. The van der Waals surface area contributed by atoms with Gasteiger partial charge in [0.2, 0.25) is 5.91 Å². The molecule has 0 radical (unpaired) electrons. The molecular formula is C18H26N2O. The highest BCUT2D eigenvalue weighted by Gasteiger charge is 2.52. The van der Waals surface area contributed by atoms with Gasteiger partial charge in [0.25, 0.3) is 0 Å². The third kappa shape index (κ3) is 2.92. The number of carbonyl (C=O) groups excluding carboxylic acids is 1. The maximum absolute atomic E-state index is 12.9. The fourth-order valence-corrected chi connectivity index (χ4v) is 3.76. The van der Waals surface area contributed by atoms with Crippen molar-refractivity contribution in [3.63, 3.8) is 0 Å². The summed E-state index contributed by atoms with van der Waals surface area (Å²) in [5.74, 6) is 1.01. The number of rotatable bonds is 4. The quantitative estimate of drug-likeness (QED) is 0.863. The number of nitrogens with zero attached hydrogens (tertiary/aromatic N) is 1. The van der Waals surface area contributed by atoms with Gasteiger partial charge in [-0.25, -0.2) is 0 Å². The lowest BCUT2D eigenvalue weighted by Gasteiger charge is -2.30. The van der Waals surface area contributed by atoms with Crippen molar-refractivity contribution < 1.29 is 4.79 Å². The minimum atomic E-state index is -0.253. The maximum Gasteiger partial charge on any atom is 0.232 e. The normalized spacial score (nSPS) is 21.0. The second kappa shape index (κ2) is 5.70. The molecule has 2 saturated carbocycles. The van der Waals surface area contributed by atoms with E-state index in [0.29, 0.717) is 11.8 Å². The third-order valence-corrected chi connectivity index (χ3v) is 5.23. The molecule has 0 bridgehead atoms. The second-order valence-electron chi connectivity index (χ2n) is 6.89. The second-order valence-corrected chi connectivity index (χ2v) is 6.89. The molecule has 2 N–H and O–H groups in total. The molecule has 2 aliphatic rings. The van der Waals surface area contributed by atoms with Crippen LogP contribution in [0.15, 0.2) is 24.3 Å². The van der Waals surface area contributed by atoms with Gasteiger partial charge in [-0.15, -0.1) is 0 Å². The molecule has 1 aromatic rings. The summed E-state index contributed by atoms with van der Waals surface area (Å²) in [6.45, 7) is 0.926. The molecule has 0 aromatic heterocycles. The maximum atomic E-state index is 12.9. The zero-order chi connectivity index (χ0) is 14.9. The summed E-state index contributed by atoms with van der Waals surface area (Å²) in [6, 6.07) is 7.86. The van der Waals surface area contributed by atoms with Gasteiger partial charge in [0.05, 0.1) is 5.41 Å². The summed E-state index contributed by atoms with van der Waals surface area (Å²) in [4.78, 5) is 14.9. The van der Waals surface area contributed by atoms with Crippen molar-refractivity contribution in [2.75, 3.05) is 19.3 Å². The summed E-state index contributed by atoms with van der Waals surface area (Å²) < 4.78 is 0. The number of likely N-dealkylation sites (N-methyl/N-ethyl adjacent to an activating group) is 1. The van der Waals surface area contributed by atoms with Crippen molar-refractivity contribution in [3.05, 3.63) is 29.8 Å². The molecule has 0 heterocycles. The van der Waals surface area contributed by atoms with Crippen LogP contribution >= 0.6 is 0 Å². The van der Waals surface area contributed by atoms with E-state index in [1.54, 1.807) is 0 Å². The van der Waals surface area contributed by atoms with Gasteiger partial charge in [0.1, 0.15) is 0 Å². The highest BCUT2D eigenvalue weighted by molar-refractivity contribution is 5.91. The van der Waals surface area contributed by atoms with Crippen LogP contribution in [-0.2, 0) is 10.2 Å². The van der Waals surface area contributed by atoms with Crippen molar-refractivity contribution in [1.29, 1.82) is 0 Å². The van der Waals surface area contributed by atoms with E-state index in [-0.39, 0.29) is 5.41 Å². The fourth-order valence-electron chi connectivity index (χ4n) is 3.76. The summed E-state index contributed by atoms with van der Waals surface area (Å²) in [6.07, 6.45) is 8.55. The zero-order valence-corrected chi connectivity index (χ0v) is 13.0. The van der Waals surface area contributed by atoms with Crippen LogP contribution < -0.4 is 5.73 Å². The van der Waals surface area contributed by atoms with Gasteiger partial charge >= 0.3 is 0 Å². The minimum Gasteiger partial charge on any atom is -0.399 e. The smallest absolute Gasteiger partial charge is 0.232 e. The third-order valence-electron chi connectivity index (χ3n) is 5.23. The largest absolute Gasteiger partial charge is 0.399 e. The van der Waals surface area contributed by atoms with E-state index in [0.717, 1.165) is 30.6 Å². The van der Waals surface area contributed by atoms with Crippen molar-refractivity contribution >= 4 is 11.6 Å². The molecule has 0 unspecified atom stereocenters. The molecular weight excluding hydrogens is 260 g/mol. The van der Waals surface area contributed by atoms with Gasteiger partial charge < -0.3 is 10.6 Å². The Hall–Kier alpha value is -1.51. The first-order chi connectivity index (χ1) is 10.1. The van der Waals surface area contributed by atoms with Gasteiger partial charge in [-0.1, -0.05) is 31.4 Å². The van der Waals surface area contributed by atoms with E-state index in [1.807, 2.05) is 36.2 Å². The molecule has 1 amide bonds. The van der Waals surface area contributed by atoms with Crippen LogP contribution in [0.2, 0.25) is 0 Å². The van der Waals surface area contributed by atoms with Crippen molar-refractivity contribution in [2.45, 2.75) is 50.4 Å². The number of hydrogen-bond donors (Lipinski definition) is 1. The number of nitrogens with two attached hydrogens (primary N) is 1. The van der Waals surface area contributed by atoms with Crippen LogP contribution in [0.5, 0.6) is 0 Å². The van der Waals surface area contributed by atoms with Crippen LogP contribution in [0.25, 0.3) is 0 Å². The Morgan fingerprint density at radius 1 is 1.19 bits per heavy atom. The van der Waals surface area contributed by atoms with Gasteiger partial charge in [-0.2, -0.15) is 0 Å². The summed E-state index contributed by atoms with van der Waals surface area (Å²) in [7, 11) is 1.98. The molecule has 3 rings (SSSR count). The number of carbonyl (C=O) groups is 1. The molecule has 1 aromatic carbocycles. The van der Waals surface area contributed by atoms with Crippen LogP contribution in [0, 0.1) is 5.92 Å². The topological polar surface area (TPSA) is 46.3 Å². The molecule has 2 aliphatic carbocycles. The molecule has 0 aliphatic heterocycles. The van der Waals surface area contributed by atoms with Gasteiger partial charge in [-0.05, 0) is 49.3 Å². The van der Waals surface area contributed by atoms with Gasteiger partial charge in [0, 0.05) is 19.3 Å². The Labute approximate surface area is 127 Å². The van der Waals surface area contributed by atoms with E-state index < -0.39 is 0 Å². The van der Waals surface area contributed by atoms with Gasteiger partial charge in [0.15, 0.2) is 0 Å². The first kappa shape index (κ1) is 14.4. The number of hydrogen-bond acceptors (Lipinski definition) is 2. The van der Waals surface area contributed by atoms with Crippen LogP contribution in [-0.4, -0.2) is 24.4 Å². The highest BCUT2D eigenvalue weighted by Crippen LogP contribution is 2.49. The summed E-state index contributed by atoms with van der Waals surface area (Å²) in [5.41, 5.74) is 7.40. The summed E-state index contributed by atoms with van der Waals surface area (Å²) in [5, 5.41) is 0. The molecule has 2 fully saturated rings. The SMILES string of the molecule is CN(CC1CCCCC1)C(=O)C1(c2ccc(N)cc2)CC1. The predicted molar refractivity (Wildman–Crippen MR) is 86.0 cm³/mol. The Morgan fingerprint density at radius 3 is 2.38 bits per heavy atom. The molecule has 0 atom stereocenters. The number of anilines is 1. The molecule has 114 valence electrons. The summed E-state index contributed by atoms with van der Waals surface area (Å²) >= 11 is 0. The van der Waals surface area contributed by atoms with E-state index >= 15 is 0 Å². The van der Waals surface area contributed by atoms with Crippen LogP contribution in [0.4, 0.5) is 5.69 Å².